The highest BCUT2D eigenvalue weighted by Crippen LogP contribution is 2.32. The van der Waals surface area contributed by atoms with E-state index in [-0.39, 0.29) is 42.3 Å². The number of amides is 1. The third kappa shape index (κ3) is 4.92. The monoisotopic (exact) mass is 457 g/mol. The Labute approximate surface area is 191 Å². The molecule has 3 atom stereocenters. The van der Waals surface area contributed by atoms with Gasteiger partial charge in [0.25, 0.3) is 5.91 Å². The van der Waals surface area contributed by atoms with Crippen molar-refractivity contribution in [1.29, 1.82) is 0 Å². The van der Waals surface area contributed by atoms with E-state index in [0.29, 0.717) is 37.2 Å². The minimum Gasteiger partial charge on any atom is -0.507 e. The molecular formula is C24H27NO6S. The summed E-state index contributed by atoms with van der Waals surface area (Å²) in [5.74, 6) is 1.72. The van der Waals surface area contributed by atoms with Crippen LogP contribution in [0.15, 0.2) is 42.5 Å². The normalized spacial score (nSPS) is 23.5. The van der Waals surface area contributed by atoms with Crippen LogP contribution in [0.5, 0.6) is 11.5 Å². The number of aromatic hydroxyl groups is 1. The Morgan fingerprint density at radius 3 is 2.94 bits per heavy atom. The van der Waals surface area contributed by atoms with Crippen molar-refractivity contribution in [3.63, 3.8) is 0 Å². The van der Waals surface area contributed by atoms with Crippen LogP contribution in [0.1, 0.15) is 45.7 Å². The minimum atomic E-state index is -0.307. The van der Waals surface area contributed by atoms with Crippen molar-refractivity contribution in [2.24, 2.45) is 0 Å². The molecule has 4 rings (SSSR count). The maximum atomic E-state index is 13.6. The molecule has 2 aromatic carbocycles. The van der Waals surface area contributed by atoms with Crippen molar-refractivity contribution in [1.82, 2.24) is 4.90 Å². The Balaban J connectivity index is 1.53. The van der Waals surface area contributed by atoms with E-state index in [1.54, 1.807) is 23.9 Å². The summed E-state index contributed by atoms with van der Waals surface area (Å²) in [6.45, 7) is 3.29. The van der Waals surface area contributed by atoms with Crippen LogP contribution in [-0.2, 0) is 9.47 Å². The quantitative estimate of drug-likeness (QED) is 0.663. The fourth-order valence-electron chi connectivity index (χ4n) is 4.06. The molecule has 2 unspecified atom stereocenters. The lowest BCUT2D eigenvalue weighted by Gasteiger charge is -2.36. The molecule has 0 saturated carbocycles. The Kier molecular flexibility index (Phi) is 7.34. The smallest absolute Gasteiger partial charge is 0.254 e. The van der Waals surface area contributed by atoms with Gasteiger partial charge < -0.3 is 24.2 Å². The summed E-state index contributed by atoms with van der Waals surface area (Å²) in [5, 5.41) is 9.89. The molecule has 1 amide bonds. The first-order valence-corrected chi connectivity index (χ1v) is 11.9. The number of aldehydes is 1. The number of thioether (sulfide) groups is 1. The first-order chi connectivity index (χ1) is 15.6. The molecule has 0 aliphatic carbocycles. The number of hydrogen-bond acceptors (Lipinski definition) is 7. The van der Waals surface area contributed by atoms with E-state index in [1.807, 2.05) is 36.1 Å². The molecule has 0 aromatic heterocycles. The van der Waals surface area contributed by atoms with Crippen molar-refractivity contribution >= 4 is 24.0 Å². The van der Waals surface area contributed by atoms with Gasteiger partial charge in [0.15, 0.2) is 12.6 Å². The largest absolute Gasteiger partial charge is 0.507 e. The Morgan fingerprint density at radius 1 is 1.28 bits per heavy atom. The second-order valence-corrected chi connectivity index (χ2v) is 8.93. The van der Waals surface area contributed by atoms with E-state index >= 15 is 0 Å². The Hall–Kier alpha value is -2.55. The summed E-state index contributed by atoms with van der Waals surface area (Å²) in [6.07, 6.45) is 0.783. The standard InChI is InChI=1S/C24H27NO6S/c1-16-29-11-9-23(31-16)18-5-2-3-6-19(18)24(28)25-10-12-32-15-17(25)14-30-22-8-4-7-21(27)20(22)13-26/h2-8,13,16-17,23,27H,9-12,14-15H2,1H3/t16?,17-,23?/m1/s1. The molecule has 8 heteroatoms. The molecule has 2 aromatic rings. The van der Waals surface area contributed by atoms with E-state index in [9.17, 15) is 14.7 Å². The number of phenolic OH excluding ortho intramolecular Hbond substituents is 1. The van der Waals surface area contributed by atoms with Crippen molar-refractivity contribution in [3.05, 3.63) is 59.2 Å². The summed E-state index contributed by atoms with van der Waals surface area (Å²) < 4.78 is 17.3. The fourth-order valence-corrected chi connectivity index (χ4v) is 5.10. The lowest BCUT2D eigenvalue weighted by atomic mass is 9.98. The Morgan fingerprint density at radius 2 is 2.12 bits per heavy atom. The number of carbonyl (C=O) groups excluding carboxylic acids is 2. The van der Waals surface area contributed by atoms with Gasteiger partial charge in [0, 0.05) is 30.0 Å². The van der Waals surface area contributed by atoms with Gasteiger partial charge in [0.1, 0.15) is 18.1 Å². The lowest BCUT2D eigenvalue weighted by Crippen LogP contribution is -2.49. The zero-order valence-electron chi connectivity index (χ0n) is 17.9. The second kappa shape index (κ2) is 10.4. The topological polar surface area (TPSA) is 85.3 Å². The van der Waals surface area contributed by atoms with Crippen LogP contribution >= 0.6 is 11.8 Å². The van der Waals surface area contributed by atoms with Gasteiger partial charge in [0.2, 0.25) is 0 Å². The predicted octanol–water partition coefficient (Wildman–Crippen LogP) is 3.67. The van der Waals surface area contributed by atoms with E-state index in [2.05, 4.69) is 0 Å². The molecule has 32 heavy (non-hydrogen) atoms. The molecule has 170 valence electrons. The first-order valence-electron chi connectivity index (χ1n) is 10.7. The summed E-state index contributed by atoms with van der Waals surface area (Å²) in [6, 6.07) is 12.1. The molecular weight excluding hydrogens is 430 g/mol. The minimum absolute atomic E-state index is 0.0521. The van der Waals surface area contributed by atoms with Crippen LogP contribution in [0.4, 0.5) is 0 Å². The molecule has 0 radical (unpaired) electrons. The first kappa shape index (κ1) is 22.6. The number of ether oxygens (including phenoxy) is 3. The van der Waals surface area contributed by atoms with Crippen LogP contribution < -0.4 is 4.74 Å². The van der Waals surface area contributed by atoms with E-state index in [4.69, 9.17) is 14.2 Å². The number of nitrogens with zero attached hydrogens (tertiary/aromatic N) is 1. The van der Waals surface area contributed by atoms with Crippen molar-refractivity contribution in [2.45, 2.75) is 31.8 Å². The van der Waals surface area contributed by atoms with Gasteiger partial charge in [-0.25, -0.2) is 0 Å². The Bertz CT molecular complexity index is 967. The SMILES string of the molecule is CC1OCCC(c2ccccc2C(=O)N2CCSC[C@H]2COc2cccc(O)c2C=O)O1. The van der Waals surface area contributed by atoms with Gasteiger partial charge in [-0.05, 0) is 30.7 Å². The molecule has 0 spiro atoms. The molecule has 2 fully saturated rings. The number of rotatable bonds is 6. The van der Waals surface area contributed by atoms with Crippen molar-refractivity contribution in [3.8, 4) is 11.5 Å². The number of carbonyl (C=O) groups is 2. The lowest BCUT2D eigenvalue weighted by molar-refractivity contribution is -0.204. The molecule has 2 heterocycles. The van der Waals surface area contributed by atoms with Crippen LogP contribution in [0.2, 0.25) is 0 Å². The number of hydrogen-bond donors (Lipinski definition) is 1. The molecule has 2 aliphatic heterocycles. The second-order valence-electron chi connectivity index (χ2n) is 7.78. The molecule has 2 aliphatic rings. The van der Waals surface area contributed by atoms with Crippen LogP contribution in [0.25, 0.3) is 0 Å². The maximum Gasteiger partial charge on any atom is 0.254 e. The predicted molar refractivity (Wildman–Crippen MR) is 121 cm³/mol. The average molecular weight is 458 g/mol. The highest BCUT2D eigenvalue weighted by atomic mass is 32.2. The summed E-state index contributed by atoms with van der Waals surface area (Å²) in [7, 11) is 0. The van der Waals surface area contributed by atoms with E-state index in [1.165, 1.54) is 6.07 Å². The average Bonchev–Trinajstić information content (AvgIpc) is 2.82. The molecule has 0 bridgehead atoms. The van der Waals surface area contributed by atoms with Crippen molar-refractivity contribution < 1.29 is 28.9 Å². The third-order valence-corrected chi connectivity index (χ3v) is 6.80. The number of benzene rings is 2. The van der Waals surface area contributed by atoms with Gasteiger partial charge in [-0.1, -0.05) is 24.3 Å². The fraction of sp³-hybridized carbons (Fsp3) is 0.417. The van der Waals surface area contributed by atoms with Gasteiger partial charge in [0.05, 0.1) is 24.3 Å². The van der Waals surface area contributed by atoms with E-state index < -0.39 is 0 Å². The summed E-state index contributed by atoms with van der Waals surface area (Å²) >= 11 is 1.77. The van der Waals surface area contributed by atoms with Crippen LogP contribution in [0.3, 0.4) is 0 Å². The molecule has 7 nitrogen and oxygen atoms in total. The molecule has 1 N–H and O–H groups in total. The third-order valence-electron chi connectivity index (χ3n) is 5.71. The van der Waals surface area contributed by atoms with Gasteiger partial charge in [-0.2, -0.15) is 11.8 Å². The molecule has 2 saturated heterocycles. The van der Waals surface area contributed by atoms with E-state index in [0.717, 1.165) is 17.1 Å². The number of phenols is 1. The highest BCUT2D eigenvalue weighted by molar-refractivity contribution is 7.99. The van der Waals surface area contributed by atoms with Gasteiger partial charge in [-0.3, -0.25) is 9.59 Å². The van der Waals surface area contributed by atoms with Gasteiger partial charge >= 0.3 is 0 Å². The van der Waals surface area contributed by atoms with Crippen molar-refractivity contribution in [2.75, 3.05) is 31.3 Å². The van der Waals surface area contributed by atoms with Crippen LogP contribution in [0, 0.1) is 0 Å². The highest BCUT2D eigenvalue weighted by Gasteiger charge is 2.32. The maximum absolute atomic E-state index is 13.6. The van der Waals surface area contributed by atoms with Gasteiger partial charge in [-0.15, -0.1) is 0 Å². The summed E-state index contributed by atoms with van der Waals surface area (Å²) in [5.41, 5.74) is 1.63. The zero-order chi connectivity index (χ0) is 22.5. The van der Waals surface area contributed by atoms with Crippen LogP contribution in [-0.4, -0.2) is 65.8 Å². The summed E-state index contributed by atoms with van der Waals surface area (Å²) in [4.78, 5) is 26.8. The zero-order valence-corrected chi connectivity index (χ0v) is 18.8.